The van der Waals surface area contributed by atoms with Gasteiger partial charge in [-0.05, 0) is 44.4 Å². The quantitative estimate of drug-likeness (QED) is 0.208. The number of amides is 1. The van der Waals surface area contributed by atoms with E-state index in [0.29, 0.717) is 12.2 Å². The lowest BCUT2D eigenvalue weighted by Gasteiger charge is -2.11. The molecule has 0 radical (unpaired) electrons. The fourth-order valence-corrected chi connectivity index (χ4v) is 2.05. The summed E-state index contributed by atoms with van der Waals surface area (Å²) >= 11 is 0. The predicted octanol–water partition coefficient (Wildman–Crippen LogP) is 3.35. The molecule has 3 N–H and O–H groups in total. The van der Waals surface area contributed by atoms with E-state index in [0.717, 1.165) is 50.7 Å². The summed E-state index contributed by atoms with van der Waals surface area (Å²) in [7, 11) is 1.34. The average molecular weight is 478 g/mol. The van der Waals surface area contributed by atoms with E-state index in [1.165, 1.54) is 7.11 Å². The standard InChI is InChI=1S/C18H30N4O3.HI/c1-4-19-17(20-12-6-7-13-25-5-2)21-14-15-8-10-16(11-9-15)22-18(23)24-3;/h8-11H,4-7,12-14H2,1-3H3,(H,22,23)(H2,19,20,21);1H. The molecule has 0 saturated carbocycles. The maximum Gasteiger partial charge on any atom is 0.411 e. The second kappa shape index (κ2) is 15.7. The van der Waals surface area contributed by atoms with Crippen LogP contribution in [-0.4, -0.2) is 45.5 Å². The lowest BCUT2D eigenvalue weighted by molar-refractivity contribution is 0.143. The van der Waals surface area contributed by atoms with Crippen LogP contribution in [0.25, 0.3) is 0 Å². The normalized spacial score (nSPS) is 10.7. The molecular formula is C18H31IN4O3. The summed E-state index contributed by atoms with van der Waals surface area (Å²) in [4.78, 5) is 15.7. The summed E-state index contributed by atoms with van der Waals surface area (Å²) in [5, 5.41) is 9.18. The fourth-order valence-electron chi connectivity index (χ4n) is 2.05. The molecular weight excluding hydrogens is 447 g/mol. The second-order valence-corrected chi connectivity index (χ2v) is 5.34. The molecule has 0 fully saturated rings. The molecule has 1 amide bonds. The van der Waals surface area contributed by atoms with Crippen molar-refractivity contribution < 1.29 is 14.3 Å². The Balaban J connectivity index is 0.00000625. The van der Waals surface area contributed by atoms with Gasteiger partial charge in [-0.3, -0.25) is 5.32 Å². The number of hydrogen-bond donors (Lipinski definition) is 3. The highest BCUT2D eigenvalue weighted by Gasteiger charge is 2.01. The van der Waals surface area contributed by atoms with E-state index in [4.69, 9.17) is 4.74 Å². The number of aliphatic imine (C=N–C) groups is 1. The number of methoxy groups -OCH3 is 1. The smallest absolute Gasteiger partial charge is 0.411 e. The number of anilines is 1. The van der Waals surface area contributed by atoms with Gasteiger partial charge in [0.2, 0.25) is 0 Å². The summed E-state index contributed by atoms with van der Waals surface area (Å²) in [5.41, 5.74) is 1.75. The van der Waals surface area contributed by atoms with E-state index >= 15 is 0 Å². The van der Waals surface area contributed by atoms with E-state index in [2.05, 4.69) is 25.7 Å². The topological polar surface area (TPSA) is 84.0 Å². The minimum absolute atomic E-state index is 0. The summed E-state index contributed by atoms with van der Waals surface area (Å²) < 4.78 is 9.89. The van der Waals surface area contributed by atoms with Gasteiger partial charge in [0, 0.05) is 32.0 Å². The van der Waals surface area contributed by atoms with Crippen molar-refractivity contribution in [1.29, 1.82) is 0 Å². The van der Waals surface area contributed by atoms with Crippen molar-refractivity contribution >= 4 is 41.7 Å². The monoisotopic (exact) mass is 478 g/mol. The molecule has 1 aromatic rings. The molecule has 8 heteroatoms. The Hall–Kier alpha value is -1.55. The van der Waals surface area contributed by atoms with Crippen molar-refractivity contribution in [2.45, 2.75) is 33.2 Å². The number of rotatable bonds is 10. The maximum atomic E-state index is 11.2. The number of carbonyl (C=O) groups is 1. The zero-order chi connectivity index (χ0) is 18.3. The van der Waals surface area contributed by atoms with Crippen molar-refractivity contribution in [3.8, 4) is 0 Å². The van der Waals surface area contributed by atoms with Crippen LogP contribution in [-0.2, 0) is 16.0 Å². The molecule has 148 valence electrons. The molecule has 0 spiro atoms. The number of ether oxygens (including phenoxy) is 2. The number of hydrogen-bond acceptors (Lipinski definition) is 4. The molecule has 1 aromatic carbocycles. The number of carbonyl (C=O) groups excluding carboxylic acids is 1. The fraction of sp³-hybridized carbons (Fsp3) is 0.556. The van der Waals surface area contributed by atoms with Gasteiger partial charge in [-0.2, -0.15) is 0 Å². The van der Waals surface area contributed by atoms with Crippen molar-refractivity contribution in [3.63, 3.8) is 0 Å². The molecule has 0 saturated heterocycles. The molecule has 0 aliphatic rings. The van der Waals surface area contributed by atoms with E-state index in [1.807, 2.05) is 38.1 Å². The number of halogens is 1. The van der Waals surface area contributed by atoms with E-state index in [-0.39, 0.29) is 24.0 Å². The van der Waals surface area contributed by atoms with Crippen LogP contribution in [0.1, 0.15) is 32.3 Å². The molecule has 0 aliphatic carbocycles. The number of nitrogens with one attached hydrogen (secondary N) is 3. The van der Waals surface area contributed by atoms with Crippen LogP contribution < -0.4 is 16.0 Å². The molecule has 0 atom stereocenters. The van der Waals surface area contributed by atoms with Crippen molar-refractivity contribution in [2.75, 3.05) is 38.7 Å². The van der Waals surface area contributed by atoms with E-state index in [1.54, 1.807) is 0 Å². The van der Waals surface area contributed by atoms with Crippen molar-refractivity contribution in [2.24, 2.45) is 4.99 Å². The number of benzene rings is 1. The number of nitrogens with zero attached hydrogens (tertiary/aromatic N) is 1. The van der Waals surface area contributed by atoms with Crippen molar-refractivity contribution in [3.05, 3.63) is 29.8 Å². The molecule has 0 aliphatic heterocycles. The summed E-state index contributed by atoms with van der Waals surface area (Å²) in [5.74, 6) is 0.802. The number of guanidine groups is 1. The lowest BCUT2D eigenvalue weighted by atomic mass is 10.2. The Labute approximate surface area is 173 Å². The van der Waals surface area contributed by atoms with Crippen LogP contribution in [0.3, 0.4) is 0 Å². The first-order valence-electron chi connectivity index (χ1n) is 8.73. The highest BCUT2D eigenvalue weighted by molar-refractivity contribution is 14.0. The third kappa shape index (κ3) is 11.1. The minimum atomic E-state index is -0.478. The van der Waals surface area contributed by atoms with Crippen molar-refractivity contribution in [1.82, 2.24) is 10.6 Å². The van der Waals surface area contributed by atoms with E-state index < -0.39 is 6.09 Å². The first kappa shape index (κ1) is 24.5. The zero-order valence-corrected chi connectivity index (χ0v) is 18.2. The zero-order valence-electron chi connectivity index (χ0n) is 15.8. The van der Waals surface area contributed by atoms with Crippen LogP contribution in [0, 0.1) is 0 Å². The molecule has 0 bridgehead atoms. The average Bonchev–Trinajstić information content (AvgIpc) is 2.63. The minimum Gasteiger partial charge on any atom is -0.453 e. The van der Waals surface area contributed by atoms with Crippen LogP contribution in [0.5, 0.6) is 0 Å². The predicted molar refractivity (Wildman–Crippen MR) is 116 cm³/mol. The summed E-state index contributed by atoms with van der Waals surface area (Å²) in [6.45, 7) is 7.86. The molecule has 26 heavy (non-hydrogen) atoms. The lowest BCUT2D eigenvalue weighted by Crippen LogP contribution is -2.37. The maximum absolute atomic E-state index is 11.2. The van der Waals surface area contributed by atoms with Crippen LogP contribution >= 0.6 is 24.0 Å². The highest BCUT2D eigenvalue weighted by Crippen LogP contribution is 2.10. The highest BCUT2D eigenvalue weighted by atomic mass is 127. The molecule has 0 unspecified atom stereocenters. The van der Waals surface area contributed by atoms with Gasteiger partial charge in [-0.15, -0.1) is 24.0 Å². The first-order chi connectivity index (χ1) is 12.2. The van der Waals surface area contributed by atoms with Gasteiger partial charge >= 0.3 is 6.09 Å². The van der Waals surface area contributed by atoms with E-state index in [9.17, 15) is 4.79 Å². The Bertz CT molecular complexity index is 524. The largest absolute Gasteiger partial charge is 0.453 e. The molecule has 0 aromatic heterocycles. The SMILES string of the molecule is CCNC(=NCc1ccc(NC(=O)OC)cc1)NCCCCOCC.I. The van der Waals surface area contributed by atoms with Gasteiger partial charge in [0.05, 0.1) is 13.7 Å². The Morgan fingerprint density at radius 2 is 1.85 bits per heavy atom. The van der Waals surface area contributed by atoms with Gasteiger partial charge in [0.25, 0.3) is 0 Å². The van der Waals surface area contributed by atoms with Crippen LogP contribution in [0.2, 0.25) is 0 Å². The van der Waals surface area contributed by atoms with Crippen LogP contribution in [0.4, 0.5) is 10.5 Å². The van der Waals surface area contributed by atoms with Gasteiger partial charge in [-0.1, -0.05) is 12.1 Å². The second-order valence-electron chi connectivity index (χ2n) is 5.34. The molecule has 1 rings (SSSR count). The van der Waals surface area contributed by atoms with Gasteiger partial charge in [-0.25, -0.2) is 9.79 Å². The third-order valence-electron chi connectivity index (χ3n) is 3.36. The van der Waals surface area contributed by atoms with Gasteiger partial charge in [0.1, 0.15) is 0 Å². The van der Waals surface area contributed by atoms with Gasteiger partial charge < -0.3 is 20.1 Å². The molecule has 0 heterocycles. The first-order valence-corrected chi connectivity index (χ1v) is 8.73. The van der Waals surface area contributed by atoms with Crippen LogP contribution in [0.15, 0.2) is 29.3 Å². The number of unbranched alkanes of at least 4 members (excludes halogenated alkanes) is 1. The summed E-state index contributed by atoms with van der Waals surface area (Å²) in [6.07, 6.45) is 1.60. The Morgan fingerprint density at radius 3 is 2.46 bits per heavy atom. The molecule has 7 nitrogen and oxygen atoms in total. The Kier molecular flexibility index (Phi) is 14.8. The summed E-state index contributed by atoms with van der Waals surface area (Å²) in [6, 6.07) is 7.52. The van der Waals surface area contributed by atoms with Gasteiger partial charge in [0.15, 0.2) is 5.96 Å². The third-order valence-corrected chi connectivity index (χ3v) is 3.36. The Morgan fingerprint density at radius 1 is 1.12 bits per heavy atom.